The lowest BCUT2D eigenvalue weighted by atomic mass is 10.0. The molecule has 5 heteroatoms. The van der Waals surface area contributed by atoms with Crippen LogP contribution in [0.2, 0.25) is 0 Å². The first-order valence-electron chi connectivity index (χ1n) is 6.32. The zero-order valence-electron chi connectivity index (χ0n) is 10.3. The fraction of sp³-hybridized carbons (Fsp3) is 0.385. The van der Waals surface area contributed by atoms with Gasteiger partial charge < -0.3 is 9.99 Å². The van der Waals surface area contributed by atoms with Crippen LogP contribution in [0.1, 0.15) is 29.9 Å². The lowest BCUT2D eigenvalue weighted by Gasteiger charge is -2.14. The standard InChI is InChI=1S/C13H17N5/c14-17-13-7-3-4-10(16-13)8-18-9-15-11-5-1-2-6-12(11)18/h3-4,7,9H,1-2,5-6,8,14H2,(H,16,17). The summed E-state index contributed by atoms with van der Waals surface area (Å²) in [6.07, 6.45) is 6.69. The van der Waals surface area contributed by atoms with E-state index in [1.165, 1.54) is 24.2 Å². The number of aryl methyl sites for hydroxylation is 1. The Morgan fingerprint density at radius 1 is 1.28 bits per heavy atom. The first-order valence-corrected chi connectivity index (χ1v) is 6.32. The molecule has 0 radical (unpaired) electrons. The van der Waals surface area contributed by atoms with E-state index in [1.54, 1.807) is 0 Å². The maximum Gasteiger partial charge on any atom is 0.140 e. The topological polar surface area (TPSA) is 68.8 Å². The average molecular weight is 243 g/mol. The van der Waals surface area contributed by atoms with Crippen molar-refractivity contribution in [2.24, 2.45) is 5.84 Å². The number of rotatable bonds is 3. The van der Waals surface area contributed by atoms with Crippen molar-refractivity contribution in [2.75, 3.05) is 5.43 Å². The van der Waals surface area contributed by atoms with Crippen molar-refractivity contribution < 1.29 is 0 Å². The summed E-state index contributed by atoms with van der Waals surface area (Å²) >= 11 is 0. The molecule has 2 heterocycles. The number of hydrazine groups is 1. The van der Waals surface area contributed by atoms with E-state index in [0.717, 1.165) is 25.1 Å². The highest BCUT2D eigenvalue weighted by atomic mass is 15.2. The molecule has 0 amide bonds. The first kappa shape index (κ1) is 11.2. The van der Waals surface area contributed by atoms with E-state index in [9.17, 15) is 0 Å². The molecule has 18 heavy (non-hydrogen) atoms. The van der Waals surface area contributed by atoms with Crippen molar-refractivity contribution in [3.05, 3.63) is 41.6 Å². The third-order valence-electron chi connectivity index (χ3n) is 3.40. The Morgan fingerprint density at radius 3 is 3.06 bits per heavy atom. The van der Waals surface area contributed by atoms with Gasteiger partial charge in [0.05, 0.1) is 24.3 Å². The summed E-state index contributed by atoms with van der Waals surface area (Å²) in [6, 6.07) is 5.82. The van der Waals surface area contributed by atoms with Gasteiger partial charge in [0.25, 0.3) is 0 Å². The Morgan fingerprint density at radius 2 is 2.17 bits per heavy atom. The van der Waals surface area contributed by atoms with Gasteiger partial charge in [-0.3, -0.25) is 0 Å². The van der Waals surface area contributed by atoms with Crippen molar-refractivity contribution in [3.8, 4) is 0 Å². The van der Waals surface area contributed by atoms with E-state index in [-0.39, 0.29) is 0 Å². The lowest BCUT2D eigenvalue weighted by Crippen LogP contribution is -2.12. The Balaban J connectivity index is 1.85. The molecule has 0 fully saturated rings. The van der Waals surface area contributed by atoms with Gasteiger partial charge >= 0.3 is 0 Å². The second-order valence-electron chi connectivity index (χ2n) is 4.63. The molecule has 3 N–H and O–H groups in total. The zero-order chi connectivity index (χ0) is 12.4. The Bertz CT molecular complexity index is 546. The van der Waals surface area contributed by atoms with Crippen molar-refractivity contribution in [1.82, 2.24) is 14.5 Å². The highest BCUT2D eigenvalue weighted by Gasteiger charge is 2.15. The van der Waals surface area contributed by atoms with Crippen molar-refractivity contribution in [3.63, 3.8) is 0 Å². The van der Waals surface area contributed by atoms with Crippen LogP contribution in [-0.4, -0.2) is 14.5 Å². The summed E-state index contributed by atoms with van der Waals surface area (Å²) < 4.78 is 2.21. The molecule has 0 aromatic carbocycles. The number of hydrogen-bond acceptors (Lipinski definition) is 4. The second-order valence-corrected chi connectivity index (χ2v) is 4.63. The number of hydrogen-bond donors (Lipinski definition) is 2. The van der Waals surface area contributed by atoms with E-state index in [0.29, 0.717) is 5.82 Å². The molecular weight excluding hydrogens is 226 g/mol. The van der Waals surface area contributed by atoms with E-state index in [4.69, 9.17) is 5.84 Å². The molecule has 1 aliphatic rings. The lowest BCUT2D eigenvalue weighted by molar-refractivity contribution is 0.625. The molecule has 5 nitrogen and oxygen atoms in total. The van der Waals surface area contributed by atoms with Crippen LogP contribution in [0.15, 0.2) is 24.5 Å². The summed E-state index contributed by atoms with van der Waals surface area (Å²) in [7, 11) is 0. The van der Waals surface area contributed by atoms with Crippen LogP contribution in [0, 0.1) is 0 Å². The van der Waals surface area contributed by atoms with Crippen molar-refractivity contribution >= 4 is 5.82 Å². The summed E-state index contributed by atoms with van der Waals surface area (Å²) in [5.41, 5.74) is 6.20. The van der Waals surface area contributed by atoms with Gasteiger partial charge in [0.15, 0.2) is 0 Å². The molecule has 0 atom stereocenters. The molecule has 0 spiro atoms. The Labute approximate surface area is 106 Å². The van der Waals surface area contributed by atoms with E-state index >= 15 is 0 Å². The van der Waals surface area contributed by atoms with Crippen molar-refractivity contribution in [1.29, 1.82) is 0 Å². The van der Waals surface area contributed by atoms with Crippen LogP contribution in [-0.2, 0) is 19.4 Å². The normalized spacial score (nSPS) is 14.3. The highest BCUT2D eigenvalue weighted by molar-refractivity contribution is 5.33. The van der Waals surface area contributed by atoms with E-state index < -0.39 is 0 Å². The molecule has 94 valence electrons. The van der Waals surface area contributed by atoms with Crippen LogP contribution in [0.5, 0.6) is 0 Å². The SMILES string of the molecule is NNc1cccc(Cn2cnc3c2CCCC3)n1. The van der Waals surface area contributed by atoms with Gasteiger partial charge in [0, 0.05) is 5.69 Å². The molecule has 0 saturated heterocycles. The van der Waals surface area contributed by atoms with Crippen LogP contribution >= 0.6 is 0 Å². The maximum absolute atomic E-state index is 5.37. The van der Waals surface area contributed by atoms with Gasteiger partial charge in [-0.15, -0.1) is 0 Å². The van der Waals surface area contributed by atoms with Gasteiger partial charge in [0.2, 0.25) is 0 Å². The predicted molar refractivity (Wildman–Crippen MR) is 70.0 cm³/mol. The van der Waals surface area contributed by atoms with Crippen LogP contribution < -0.4 is 11.3 Å². The van der Waals surface area contributed by atoms with Gasteiger partial charge in [-0.1, -0.05) is 6.07 Å². The fourth-order valence-corrected chi connectivity index (χ4v) is 2.49. The number of imidazole rings is 1. The second kappa shape index (κ2) is 4.78. The number of pyridine rings is 1. The number of nitrogens with one attached hydrogen (secondary N) is 1. The first-order chi connectivity index (χ1) is 8.86. The predicted octanol–water partition coefficient (Wildman–Crippen LogP) is 1.49. The number of aromatic nitrogens is 3. The summed E-state index contributed by atoms with van der Waals surface area (Å²) in [4.78, 5) is 8.92. The average Bonchev–Trinajstić information content (AvgIpc) is 2.83. The van der Waals surface area contributed by atoms with Gasteiger partial charge in [0.1, 0.15) is 5.82 Å². The summed E-state index contributed by atoms with van der Waals surface area (Å²) in [5, 5.41) is 0. The molecule has 0 bridgehead atoms. The molecule has 3 rings (SSSR count). The van der Waals surface area contributed by atoms with Crippen molar-refractivity contribution in [2.45, 2.75) is 32.2 Å². The molecule has 0 saturated carbocycles. The maximum atomic E-state index is 5.37. The number of nitrogens with zero attached hydrogens (tertiary/aromatic N) is 3. The molecule has 1 aliphatic carbocycles. The molecule has 2 aromatic rings. The molecule has 2 aromatic heterocycles. The summed E-state index contributed by atoms with van der Waals surface area (Å²) in [5.74, 6) is 6.07. The van der Waals surface area contributed by atoms with Crippen LogP contribution in [0.4, 0.5) is 5.82 Å². The smallest absolute Gasteiger partial charge is 0.140 e. The Hall–Kier alpha value is -1.88. The van der Waals surface area contributed by atoms with Crippen LogP contribution in [0.3, 0.4) is 0 Å². The number of nitrogens with two attached hydrogens (primary N) is 1. The monoisotopic (exact) mass is 243 g/mol. The minimum Gasteiger partial charge on any atom is -0.328 e. The van der Waals surface area contributed by atoms with Crippen LogP contribution in [0.25, 0.3) is 0 Å². The number of fused-ring (bicyclic) bond motifs is 1. The zero-order valence-corrected chi connectivity index (χ0v) is 10.3. The highest BCUT2D eigenvalue weighted by Crippen LogP contribution is 2.20. The van der Waals surface area contributed by atoms with Gasteiger partial charge in [-0.2, -0.15) is 0 Å². The minimum atomic E-state index is 0.696. The van der Waals surface area contributed by atoms with E-state index in [2.05, 4.69) is 20.0 Å². The van der Waals surface area contributed by atoms with E-state index in [1.807, 2.05) is 24.5 Å². The van der Waals surface area contributed by atoms with Gasteiger partial charge in [-0.25, -0.2) is 15.8 Å². The quantitative estimate of drug-likeness (QED) is 0.633. The number of anilines is 1. The summed E-state index contributed by atoms with van der Waals surface area (Å²) in [6.45, 7) is 0.762. The van der Waals surface area contributed by atoms with Gasteiger partial charge in [-0.05, 0) is 37.8 Å². The molecule has 0 aliphatic heterocycles. The molecular formula is C13H17N5. The third-order valence-corrected chi connectivity index (χ3v) is 3.40. The third kappa shape index (κ3) is 2.09. The largest absolute Gasteiger partial charge is 0.328 e. The molecule has 0 unspecified atom stereocenters. The number of nitrogen functional groups attached to an aromatic ring is 1. The minimum absolute atomic E-state index is 0.696. The Kier molecular flexibility index (Phi) is 2.98. The fourth-order valence-electron chi connectivity index (χ4n) is 2.49.